The van der Waals surface area contributed by atoms with Crippen molar-refractivity contribution in [1.29, 1.82) is 0 Å². The normalized spacial score (nSPS) is 17.2. The monoisotopic (exact) mass is 477 g/mol. The standard InChI is InChI=1S/C27H24ClNO5/c1-15-7-5-9-17(11-15)24-23(25(30)19-13-22(34-4)20(28)14-21(19)33-3)26(31)27(32)29(24)18-10-6-8-16(2)12-18/h5-14,24,30H,1-4H3/b25-23+. The Morgan fingerprint density at radius 2 is 1.56 bits per heavy atom. The minimum absolute atomic E-state index is 0.0419. The Hall–Kier alpha value is -3.77. The molecule has 4 rings (SSSR count). The molecule has 6 nitrogen and oxygen atoms in total. The van der Waals surface area contributed by atoms with Crippen molar-refractivity contribution in [1.82, 2.24) is 0 Å². The second kappa shape index (κ2) is 9.23. The van der Waals surface area contributed by atoms with Gasteiger partial charge in [0.1, 0.15) is 17.3 Å². The predicted molar refractivity (Wildman–Crippen MR) is 132 cm³/mol. The molecular formula is C27H24ClNO5. The smallest absolute Gasteiger partial charge is 0.300 e. The number of carbonyl (C=O) groups excluding carboxylic acids is 2. The number of anilines is 1. The molecule has 1 saturated heterocycles. The number of hydrogen-bond acceptors (Lipinski definition) is 5. The lowest BCUT2D eigenvalue weighted by molar-refractivity contribution is -0.132. The van der Waals surface area contributed by atoms with Gasteiger partial charge < -0.3 is 14.6 Å². The number of ketones is 1. The fraction of sp³-hybridized carbons (Fsp3) is 0.185. The van der Waals surface area contributed by atoms with Gasteiger partial charge in [-0.2, -0.15) is 0 Å². The molecule has 1 amide bonds. The lowest BCUT2D eigenvalue weighted by Crippen LogP contribution is -2.29. The average Bonchev–Trinajstić information content (AvgIpc) is 3.09. The molecule has 0 aliphatic carbocycles. The van der Waals surface area contributed by atoms with Crippen molar-refractivity contribution in [2.45, 2.75) is 19.9 Å². The summed E-state index contributed by atoms with van der Waals surface area (Å²) >= 11 is 6.22. The van der Waals surface area contributed by atoms with Crippen molar-refractivity contribution in [3.8, 4) is 11.5 Å². The van der Waals surface area contributed by atoms with E-state index in [9.17, 15) is 14.7 Å². The second-order valence-corrected chi connectivity index (χ2v) is 8.52. The summed E-state index contributed by atoms with van der Waals surface area (Å²) in [6.45, 7) is 3.84. The molecule has 1 aliphatic rings. The van der Waals surface area contributed by atoms with E-state index in [0.717, 1.165) is 11.1 Å². The minimum atomic E-state index is -0.840. The number of Topliss-reactive ketones (excluding diaryl/α,β-unsaturated/α-hetero) is 1. The largest absolute Gasteiger partial charge is 0.507 e. The third-order valence-corrected chi connectivity index (χ3v) is 6.11. The van der Waals surface area contributed by atoms with Crippen LogP contribution in [0.2, 0.25) is 5.02 Å². The number of carbonyl (C=O) groups is 2. The maximum atomic E-state index is 13.4. The maximum Gasteiger partial charge on any atom is 0.300 e. The van der Waals surface area contributed by atoms with Gasteiger partial charge in [0.2, 0.25) is 0 Å². The van der Waals surface area contributed by atoms with Crippen molar-refractivity contribution in [2.24, 2.45) is 0 Å². The van der Waals surface area contributed by atoms with E-state index in [-0.39, 0.29) is 27.7 Å². The van der Waals surface area contributed by atoms with Crippen LogP contribution >= 0.6 is 11.6 Å². The first-order valence-electron chi connectivity index (χ1n) is 10.6. The zero-order valence-corrected chi connectivity index (χ0v) is 20.0. The molecule has 3 aromatic rings. The Morgan fingerprint density at radius 1 is 0.912 bits per heavy atom. The van der Waals surface area contributed by atoms with E-state index in [1.165, 1.54) is 31.3 Å². The average molecular weight is 478 g/mol. The highest BCUT2D eigenvalue weighted by Crippen LogP contribution is 2.44. The topological polar surface area (TPSA) is 76.1 Å². The number of aliphatic hydroxyl groups excluding tert-OH is 1. The molecule has 1 atom stereocenters. The third-order valence-electron chi connectivity index (χ3n) is 5.81. The summed E-state index contributed by atoms with van der Waals surface area (Å²) in [4.78, 5) is 28.1. The number of halogens is 1. The molecule has 0 radical (unpaired) electrons. The van der Waals surface area contributed by atoms with Crippen LogP contribution in [-0.2, 0) is 9.59 Å². The van der Waals surface area contributed by atoms with Gasteiger partial charge in [-0.3, -0.25) is 14.5 Å². The quantitative estimate of drug-likeness (QED) is 0.294. The predicted octanol–water partition coefficient (Wildman–Crippen LogP) is 5.60. The summed E-state index contributed by atoms with van der Waals surface area (Å²) in [5, 5.41) is 11.7. The van der Waals surface area contributed by atoms with Gasteiger partial charge in [0.25, 0.3) is 11.7 Å². The zero-order valence-electron chi connectivity index (χ0n) is 19.3. The van der Waals surface area contributed by atoms with E-state index in [1.54, 1.807) is 6.07 Å². The van der Waals surface area contributed by atoms with E-state index in [0.29, 0.717) is 17.0 Å². The maximum absolute atomic E-state index is 13.4. The SMILES string of the molecule is COc1cc(/C(O)=C2\C(=O)C(=O)N(c3cccc(C)c3)C2c2cccc(C)c2)c(OC)cc1Cl. The number of nitrogens with zero attached hydrogens (tertiary/aromatic N) is 1. The molecule has 1 fully saturated rings. The Balaban J connectivity index is 2.01. The van der Waals surface area contributed by atoms with Gasteiger partial charge in [-0.1, -0.05) is 53.6 Å². The van der Waals surface area contributed by atoms with Crippen LogP contribution in [0.4, 0.5) is 5.69 Å². The summed E-state index contributed by atoms with van der Waals surface area (Å²) < 4.78 is 10.7. The minimum Gasteiger partial charge on any atom is -0.507 e. The number of aryl methyl sites for hydroxylation is 2. The number of methoxy groups -OCH3 is 2. The molecule has 3 aromatic carbocycles. The van der Waals surface area contributed by atoms with Crippen LogP contribution in [0.5, 0.6) is 11.5 Å². The molecule has 1 heterocycles. The lowest BCUT2D eigenvalue weighted by Gasteiger charge is -2.26. The van der Waals surface area contributed by atoms with Crippen LogP contribution in [-0.4, -0.2) is 31.0 Å². The second-order valence-electron chi connectivity index (χ2n) is 8.11. The number of amides is 1. The van der Waals surface area contributed by atoms with Gasteiger partial charge in [0.15, 0.2) is 0 Å². The molecule has 34 heavy (non-hydrogen) atoms. The molecule has 7 heteroatoms. The third kappa shape index (κ3) is 4.01. The fourth-order valence-corrected chi connectivity index (χ4v) is 4.45. The van der Waals surface area contributed by atoms with Crippen molar-refractivity contribution >= 4 is 34.7 Å². The molecule has 0 aromatic heterocycles. The van der Waals surface area contributed by atoms with E-state index >= 15 is 0 Å². The Bertz CT molecular complexity index is 1330. The number of ether oxygens (including phenoxy) is 2. The molecule has 1 aliphatic heterocycles. The summed E-state index contributed by atoms with van der Waals surface area (Å²) in [6.07, 6.45) is 0. The molecule has 1 unspecified atom stereocenters. The highest BCUT2D eigenvalue weighted by molar-refractivity contribution is 6.51. The van der Waals surface area contributed by atoms with E-state index < -0.39 is 17.7 Å². The first-order valence-corrected chi connectivity index (χ1v) is 11.0. The number of hydrogen-bond donors (Lipinski definition) is 1. The number of benzene rings is 3. The van der Waals surface area contributed by atoms with Crippen LogP contribution in [0.15, 0.2) is 66.2 Å². The highest BCUT2D eigenvalue weighted by atomic mass is 35.5. The highest BCUT2D eigenvalue weighted by Gasteiger charge is 2.47. The Kier molecular flexibility index (Phi) is 6.35. The Labute approximate surface area is 203 Å². The van der Waals surface area contributed by atoms with Gasteiger partial charge in [-0.25, -0.2) is 0 Å². The first-order chi connectivity index (χ1) is 16.3. The zero-order chi connectivity index (χ0) is 24.6. The molecule has 1 N–H and O–H groups in total. The van der Waals surface area contributed by atoms with Gasteiger partial charge in [0.05, 0.1) is 36.4 Å². The fourth-order valence-electron chi connectivity index (χ4n) is 4.22. The summed E-state index contributed by atoms with van der Waals surface area (Å²) in [5.41, 5.74) is 3.31. The van der Waals surface area contributed by atoms with Gasteiger partial charge in [-0.05, 0) is 43.2 Å². The number of rotatable bonds is 5. The van der Waals surface area contributed by atoms with E-state index in [2.05, 4.69) is 0 Å². The molecular weight excluding hydrogens is 454 g/mol. The van der Waals surface area contributed by atoms with Gasteiger partial charge in [0, 0.05) is 11.8 Å². The van der Waals surface area contributed by atoms with Crippen LogP contribution in [0.3, 0.4) is 0 Å². The summed E-state index contributed by atoms with van der Waals surface area (Å²) in [6, 6.07) is 17.0. The molecule has 174 valence electrons. The van der Waals surface area contributed by atoms with Crippen LogP contribution in [0.1, 0.15) is 28.3 Å². The molecule has 0 saturated carbocycles. The lowest BCUT2D eigenvalue weighted by atomic mass is 9.94. The van der Waals surface area contributed by atoms with Gasteiger partial charge in [-0.15, -0.1) is 0 Å². The van der Waals surface area contributed by atoms with Crippen LogP contribution in [0, 0.1) is 13.8 Å². The van der Waals surface area contributed by atoms with Crippen LogP contribution in [0.25, 0.3) is 5.76 Å². The van der Waals surface area contributed by atoms with Crippen molar-refractivity contribution in [3.63, 3.8) is 0 Å². The summed E-state index contributed by atoms with van der Waals surface area (Å²) in [5.74, 6) is -1.34. The van der Waals surface area contributed by atoms with Gasteiger partial charge >= 0.3 is 0 Å². The van der Waals surface area contributed by atoms with Crippen molar-refractivity contribution < 1.29 is 24.2 Å². The Morgan fingerprint density at radius 3 is 2.18 bits per heavy atom. The van der Waals surface area contributed by atoms with Crippen LogP contribution < -0.4 is 14.4 Å². The van der Waals surface area contributed by atoms with Crippen molar-refractivity contribution in [3.05, 3.63) is 93.5 Å². The van der Waals surface area contributed by atoms with Crippen molar-refractivity contribution in [2.75, 3.05) is 19.1 Å². The van der Waals surface area contributed by atoms with E-state index in [1.807, 2.05) is 56.3 Å². The molecule has 0 spiro atoms. The first kappa shape index (κ1) is 23.4. The summed E-state index contributed by atoms with van der Waals surface area (Å²) in [7, 11) is 2.87. The van der Waals surface area contributed by atoms with E-state index in [4.69, 9.17) is 21.1 Å². The number of aliphatic hydroxyl groups is 1. The molecule has 0 bridgehead atoms.